The molecular formula is C17H20N2O4. The molecule has 1 aliphatic rings. The van der Waals surface area contributed by atoms with Crippen LogP contribution in [0.15, 0.2) is 28.8 Å². The molecule has 1 atom stereocenters. The highest BCUT2D eigenvalue weighted by Crippen LogP contribution is 2.35. The summed E-state index contributed by atoms with van der Waals surface area (Å²) >= 11 is 0. The maximum absolute atomic E-state index is 12.2. The van der Waals surface area contributed by atoms with Crippen molar-refractivity contribution in [1.82, 2.24) is 10.5 Å². The minimum Gasteiger partial charge on any atom is -0.454 e. The zero-order valence-electron chi connectivity index (χ0n) is 13.5. The van der Waals surface area contributed by atoms with Crippen LogP contribution in [0.1, 0.15) is 37.7 Å². The van der Waals surface area contributed by atoms with E-state index in [9.17, 15) is 4.79 Å². The maximum Gasteiger partial charge on any atom is 0.273 e. The van der Waals surface area contributed by atoms with Crippen LogP contribution >= 0.6 is 0 Å². The number of nitrogens with one attached hydrogen (secondary N) is 1. The molecule has 2 aromatic rings. The number of carbonyl (C=O) groups is 1. The van der Waals surface area contributed by atoms with Gasteiger partial charge in [-0.3, -0.25) is 4.79 Å². The van der Waals surface area contributed by atoms with Crippen molar-refractivity contribution in [3.05, 3.63) is 30.0 Å². The first kappa shape index (κ1) is 15.4. The number of fused-ring (bicyclic) bond motifs is 1. The summed E-state index contributed by atoms with van der Waals surface area (Å²) in [6.07, 6.45) is 0.915. The van der Waals surface area contributed by atoms with E-state index in [1.165, 1.54) is 0 Å². The lowest BCUT2D eigenvalue weighted by atomic mass is 10.1. The van der Waals surface area contributed by atoms with Crippen LogP contribution in [0.25, 0.3) is 11.3 Å². The molecule has 3 rings (SSSR count). The van der Waals surface area contributed by atoms with E-state index in [1.54, 1.807) is 6.07 Å². The fourth-order valence-corrected chi connectivity index (χ4v) is 2.63. The molecule has 0 unspecified atom stereocenters. The van der Waals surface area contributed by atoms with Crippen molar-refractivity contribution in [2.75, 3.05) is 6.79 Å². The van der Waals surface area contributed by atoms with Crippen LogP contribution in [0.3, 0.4) is 0 Å². The lowest BCUT2D eigenvalue weighted by molar-refractivity contribution is 0.0927. The normalized spacial score (nSPS) is 14.1. The maximum atomic E-state index is 12.2. The first-order chi connectivity index (χ1) is 11.0. The molecule has 1 aromatic heterocycles. The molecule has 6 nitrogen and oxygen atoms in total. The van der Waals surface area contributed by atoms with Gasteiger partial charge < -0.3 is 19.3 Å². The zero-order valence-corrected chi connectivity index (χ0v) is 13.5. The van der Waals surface area contributed by atoms with Crippen molar-refractivity contribution < 1.29 is 18.8 Å². The Morgan fingerprint density at radius 3 is 2.78 bits per heavy atom. The van der Waals surface area contributed by atoms with Gasteiger partial charge in [0.25, 0.3) is 5.91 Å². The van der Waals surface area contributed by atoms with Crippen molar-refractivity contribution in [2.45, 2.75) is 33.2 Å². The second-order valence-corrected chi connectivity index (χ2v) is 6.15. The van der Waals surface area contributed by atoms with Crippen molar-refractivity contribution in [2.24, 2.45) is 5.92 Å². The fraction of sp³-hybridized carbons (Fsp3) is 0.412. The number of hydrogen-bond acceptors (Lipinski definition) is 5. The topological polar surface area (TPSA) is 73.6 Å². The summed E-state index contributed by atoms with van der Waals surface area (Å²) in [5, 5.41) is 6.79. The van der Waals surface area contributed by atoms with Crippen molar-refractivity contribution in [3.63, 3.8) is 0 Å². The number of aromatic nitrogens is 1. The minimum absolute atomic E-state index is 0.0909. The smallest absolute Gasteiger partial charge is 0.273 e. The van der Waals surface area contributed by atoms with E-state index >= 15 is 0 Å². The fourth-order valence-electron chi connectivity index (χ4n) is 2.63. The molecule has 0 radical (unpaired) electrons. The van der Waals surface area contributed by atoms with Crippen molar-refractivity contribution in [3.8, 4) is 22.8 Å². The van der Waals surface area contributed by atoms with Crippen LogP contribution in [0, 0.1) is 5.92 Å². The summed E-state index contributed by atoms with van der Waals surface area (Å²) in [4.78, 5) is 12.2. The number of carbonyl (C=O) groups excluding carboxylic acids is 1. The molecule has 1 N–H and O–H groups in total. The molecule has 2 heterocycles. The Balaban J connectivity index is 1.71. The van der Waals surface area contributed by atoms with E-state index in [0.717, 1.165) is 12.0 Å². The summed E-state index contributed by atoms with van der Waals surface area (Å²) in [5.41, 5.74) is 1.06. The molecule has 0 aliphatic carbocycles. The Kier molecular flexibility index (Phi) is 4.23. The number of nitrogens with zero attached hydrogens (tertiary/aromatic N) is 1. The van der Waals surface area contributed by atoms with Crippen LogP contribution in [0.5, 0.6) is 11.5 Å². The van der Waals surface area contributed by atoms with Gasteiger partial charge in [-0.1, -0.05) is 19.0 Å². The second-order valence-electron chi connectivity index (χ2n) is 6.15. The van der Waals surface area contributed by atoms with Crippen molar-refractivity contribution >= 4 is 5.91 Å². The van der Waals surface area contributed by atoms with Gasteiger partial charge in [0.15, 0.2) is 23.0 Å². The molecule has 6 heteroatoms. The van der Waals surface area contributed by atoms with E-state index < -0.39 is 0 Å². The van der Waals surface area contributed by atoms with Gasteiger partial charge in [0.2, 0.25) is 6.79 Å². The first-order valence-electron chi connectivity index (χ1n) is 7.70. The number of benzene rings is 1. The molecule has 122 valence electrons. The predicted molar refractivity (Wildman–Crippen MR) is 84.4 cm³/mol. The average Bonchev–Trinajstić information content (AvgIpc) is 3.14. The lowest BCUT2D eigenvalue weighted by Crippen LogP contribution is -2.33. The summed E-state index contributed by atoms with van der Waals surface area (Å²) in [7, 11) is 0. The monoisotopic (exact) mass is 316 g/mol. The van der Waals surface area contributed by atoms with Crippen LogP contribution in [-0.4, -0.2) is 23.9 Å². The number of amides is 1. The van der Waals surface area contributed by atoms with Gasteiger partial charge in [-0.15, -0.1) is 0 Å². The third kappa shape index (κ3) is 3.47. The van der Waals surface area contributed by atoms with Gasteiger partial charge in [-0.25, -0.2) is 0 Å². The highest BCUT2D eigenvalue weighted by Gasteiger charge is 2.19. The minimum atomic E-state index is -0.228. The molecule has 1 aliphatic heterocycles. The van der Waals surface area contributed by atoms with Gasteiger partial charge in [0.05, 0.1) is 0 Å². The number of rotatable bonds is 5. The third-order valence-electron chi connectivity index (χ3n) is 3.60. The summed E-state index contributed by atoms with van der Waals surface area (Å²) in [5.74, 6) is 2.18. The average molecular weight is 316 g/mol. The lowest BCUT2D eigenvalue weighted by Gasteiger charge is -2.14. The first-order valence-corrected chi connectivity index (χ1v) is 7.70. The Morgan fingerprint density at radius 1 is 1.22 bits per heavy atom. The molecule has 0 saturated carbocycles. The summed E-state index contributed by atoms with van der Waals surface area (Å²) < 4.78 is 15.9. The molecule has 1 amide bonds. The van der Waals surface area contributed by atoms with E-state index in [1.807, 2.05) is 25.1 Å². The quantitative estimate of drug-likeness (QED) is 0.916. The molecule has 0 spiro atoms. The van der Waals surface area contributed by atoms with E-state index in [2.05, 4.69) is 24.3 Å². The van der Waals surface area contributed by atoms with Gasteiger partial charge in [0, 0.05) is 17.7 Å². The van der Waals surface area contributed by atoms with Gasteiger partial charge in [0.1, 0.15) is 0 Å². The van der Waals surface area contributed by atoms with E-state index in [4.69, 9.17) is 14.0 Å². The molecule has 0 bridgehead atoms. The predicted octanol–water partition coefficient (Wildman–Crippen LogP) is 3.23. The van der Waals surface area contributed by atoms with E-state index in [-0.39, 0.29) is 24.4 Å². The van der Waals surface area contributed by atoms with Gasteiger partial charge in [-0.2, -0.15) is 0 Å². The van der Waals surface area contributed by atoms with Crippen molar-refractivity contribution in [1.29, 1.82) is 0 Å². The molecular weight excluding hydrogens is 296 g/mol. The Bertz CT molecular complexity index is 708. The highest BCUT2D eigenvalue weighted by atomic mass is 16.7. The molecule has 0 saturated heterocycles. The number of ether oxygens (including phenoxy) is 2. The third-order valence-corrected chi connectivity index (χ3v) is 3.60. The van der Waals surface area contributed by atoms with Crippen LogP contribution in [0.2, 0.25) is 0 Å². The van der Waals surface area contributed by atoms with Crippen LogP contribution in [-0.2, 0) is 0 Å². The Hall–Kier alpha value is -2.50. The largest absolute Gasteiger partial charge is 0.454 e. The summed E-state index contributed by atoms with van der Waals surface area (Å²) in [6.45, 7) is 6.44. The zero-order chi connectivity index (χ0) is 16.4. The molecule has 1 aromatic carbocycles. The van der Waals surface area contributed by atoms with Gasteiger partial charge in [-0.05, 0) is 37.5 Å². The van der Waals surface area contributed by atoms with Crippen LogP contribution < -0.4 is 14.8 Å². The molecule has 23 heavy (non-hydrogen) atoms. The standard InChI is InChI=1S/C17H20N2O4/c1-10(2)6-11(3)18-17(20)13-8-15(23-19-13)12-4-5-14-16(7-12)22-9-21-14/h4-5,7-8,10-11H,6,9H2,1-3H3,(H,18,20)/t11-/m1/s1. The highest BCUT2D eigenvalue weighted by molar-refractivity contribution is 5.93. The summed E-state index contributed by atoms with van der Waals surface area (Å²) in [6, 6.07) is 7.19. The van der Waals surface area contributed by atoms with Gasteiger partial charge >= 0.3 is 0 Å². The SMILES string of the molecule is CC(C)C[C@@H](C)NC(=O)c1cc(-c2ccc3c(c2)OCO3)on1. The number of hydrogen-bond donors (Lipinski definition) is 1. The Labute approximate surface area is 134 Å². The Morgan fingerprint density at radius 2 is 2.00 bits per heavy atom. The second kappa shape index (κ2) is 6.32. The molecule has 0 fully saturated rings. The van der Waals surface area contributed by atoms with E-state index in [0.29, 0.717) is 23.2 Å². The van der Waals surface area contributed by atoms with Crippen LogP contribution in [0.4, 0.5) is 0 Å².